The van der Waals surface area contributed by atoms with Gasteiger partial charge < -0.3 is 14.8 Å². The molecule has 1 aliphatic heterocycles. The first-order chi connectivity index (χ1) is 15.6. The van der Waals surface area contributed by atoms with Crippen molar-refractivity contribution in [3.63, 3.8) is 0 Å². The molecule has 1 saturated heterocycles. The molecule has 0 spiro atoms. The van der Waals surface area contributed by atoms with Crippen molar-refractivity contribution < 1.29 is 19.1 Å². The average molecular weight is 550 g/mol. The van der Waals surface area contributed by atoms with Gasteiger partial charge in [-0.2, -0.15) is 0 Å². The topological polar surface area (TPSA) is 67.9 Å². The number of thioether (sulfide) groups is 1. The molecule has 2 aromatic rings. The largest absolute Gasteiger partial charge is 0.490 e. The van der Waals surface area contributed by atoms with E-state index in [2.05, 4.69) is 21.2 Å². The second-order valence-corrected chi connectivity index (χ2v) is 10.1. The zero-order valence-electron chi connectivity index (χ0n) is 19.1. The zero-order chi connectivity index (χ0) is 24.3. The van der Waals surface area contributed by atoms with E-state index in [-0.39, 0.29) is 18.4 Å². The van der Waals surface area contributed by atoms with Crippen molar-refractivity contribution >= 4 is 67.8 Å². The first-order valence-corrected chi connectivity index (χ1v) is 12.3. The fourth-order valence-corrected chi connectivity index (χ4v) is 5.22. The molecule has 1 aliphatic rings. The number of carbonyl (C=O) groups is 2. The van der Waals surface area contributed by atoms with Crippen molar-refractivity contribution in [1.29, 1.82) is 0 Å². The summed E-state index contributed by atoms with van der Waals surface area (Å²) >= 11 is 9.95. The number of nitrogens with zero attached hydrogens (tertiary/aromatic N) is 1. The second kappa shape index (κ2) is 10.7. The molecular weight excluding hydrogens is 524 g/mol. The Balaban J connectivity index is 1.78. The lowest BCUT2D eigenvalue weighted by Crippen LogP contribution is -2.22. The Kier molecular flexibility index (Phi) is 8.20. The van der Waals surface area contributed by atoms with Crippen molar-refractivity contribution in [3.05, 3.63) is 55.9 Å². The first-order valence-electron chi connectivity index (χ1n) is 10.3. The highest BCUT2D eigenvalue weighted by atomic mass is 79.9. The molecule has 1 heterocycles. The van der Waals surface area contributed by atoms with Gasteiger partial charge in [-0.3, -0.25) is 14.5 Å². The van der Waals surface area contributed by atoms with Crippen LogP contribution in [0.25, 0.3) is 6.08 Å². The maximum Gasteiger partial charge on any atom is 0.265 e. The van der Waals surface area contributed by atoms with E-state index in [9.17, 15) is 9.59 Å². The minimum Gasteiger partial charge on any atom is -0.490 e. The number of ether oxygens (including phenoxy) is 2. The van der Waals surface area contributed by atoms with E-state index in [0.29, 0.717) is 31.8 Å². The number of nitrogens with one attached hydrogen (secondary N) is 1. The van der Waals surface area contributed by atoms with Gasteiger partial charge in [0.15, 0.2) is 18.1 Å². The van der Waals surface area contributed by atoms with Gasteiger partial charge in [-0.25, -0.2) is 0 Å². The van der Waals surface area contributed by atoms with Gasteiger partial charge in [0.05, 0.1) is 16.0 Å². The van der Waals surface area contributed by atoms with Gasteiger partial charge in [-0.05, 0) is 78.5 Å². The Morgan fingerprint density at radius 2 is 1.85 bits per heavy atom. The van der Waals surface area contributed by atoms with Crippen LogP contribution in [0.2, 0.25) is 0 Å². The van der Waals surface area contributed by atoms with E-state index < -0.39 is 0 Å². The Morgan fingerprint density at radius 1 is 1.18 bits per heavy atom. The maximum absolute atomic E-state index is 12.6. The van der Waals surface area contributed by atoms with Gasteiger partial charge >= 0.3 is 0 Å². The molecule has 2 amide bonds. The summed E-state index contributed by atoms with van der Waals surface area (Å²) in [6.45, 7) is 8.05. The van der Waals surface area contributed by atoms with E-state index in [0.717, 1.165) is 27.9 Å². The number of hydrogen-bond acceptors (Lipinski definition) is 6. The van der Waals surface area contributed by atoms with Crippen LogP contribution in [0.5, 0.6) is 11.5 Å². The average Bonchev–Trinajstić information content (AvgIpc) is 2.97. The number of amides is 2. The predicted molar refractivity (Wildman–Crippen MR) is 141 cm³/mol. The third-order valence-electron chi connectivity index (χ3n) is 4.91. The van der Waals surface area contributed by atoms with E-state index in [4.69, 9.17) is 21.7 Å². The highest BCUT2D eigenvalue weighted by molar-refractivity contribution is 9.10. The molecule has 1 N–H and O–H groups in total. The molecule has 6 nitrogen and oxygen atoms in total. The summed E-state index contributed by atoms with van der Waals surface area (Å²) in [7, 11) is 1.65. The number of likely N-dealkylation sites (N-methyl/N-ethyl adjacent to an activating group) is 1. The summed E-state index contributed by atoms with van der Waals surface area (Å²) in [5.74, 6) is 0.484. The molecule has 0 aliphatic carbocycles. The fourth-order valence-electron chi connectivity index (χ4n) is 3.46. The van der Waals surface area contributed by atoms with E-state index >= 15 is 0 Å². The number of benzene rings is 2. The zero-order valence-corrected chi connectivity index (χ0v) is 22.3. The minimum absolute atomic E-state index is 0.141. The summed E-state index contributed by atoms with van der Waals surface area (Å²) in [4.78, 5) is 26.9. The van der Waals surface area contributed by atoms with Gasteiger partial charge in [-0.1, -0.05) is 41.7 Å². The molecule has 2 aromatic carbocycles. The number of carbonyl (C=O) groups excluding carboxylic acids is 2. The third-order valence-corrected chi connectivity index (χ3v) is 6.98. The van der Waals surface area contributed by atoms with Crippen molar-refractivity contribution in [3.8, 4) is 11.5 Å². The highest BCUT2D eigenvalue weighted by Gasteiger charge is 2.29. The lowest BCUT2D eigenvalue weighted by Gasteiger charge is -2.16. The number of thiocarbonyl (C=S) groups is 1. The van der Waals surface area contributed by atoms with E-state index in [1.54, 1.807) is 19.2 Å². The number of rotatable bonds is 7. The summed E-state index contributed by atoms with van der Waals surface area (Å²) in [6, 6.07) is 7.64. The summed E-state index contributed by atoms with van der Waals surface area (Å²) in [6.07, 6.45) is 1.76. The lowest BCUT2D eigenvalue weighted by atomic mass is 10.1. The van der Waals surface area contributed by atoms with Gasteiger partial charge in [0.2, 0.25) is 0 Å². The second-order valence-electron chi connectivity index (χ2n) is 7.61. The summed E-state index contributed by atoms with van der Waals surface area (Å²) in [5, 5.41) is 2.93. The smallest absolute Gasteiger partial charge is 0.265 e. The van der Waals surface area contributed by atoms with Gasteiger partial charge in [-0.15, -0.1) is 0 Å². The molecule has 0 atom stereocenters. The standard InChI is InChI=1S/C24H25BrN2O4S2/c1-6-30-18-10-16(11-19-23(29)27(5)24(32)33-19)9-17(25)22(18)31-12-20(28)26-21-14(3)7-13(2)8-15(21)4/h7-11H,6,12H2,1-5H3,(H,26,28)/b19-11-. The summed E-state index contributed by atoms with van der Waals surface area (Å²) < 4.78 is 12.7. The maximum atomic E-state index is 12.6. The lowest BCUT2D eigenvalue weighted by molar-refractivity contribution is -0.121. The van der Waals surface area contributed by atoms with E-state index in [1.807, 2.05) is 45.9 Å². The predicted octanol–water partition coefficient (Wildman–Crippen LogP) is 5.62. The molecule has 1 fully saturated rings. The Bertz CT molecular complexity index is 1140. The van der Waals surface area contributed by atoms with Crippen LogP contribution in [0, 0.1) is 20.8 Å². The van der Waals surface area contributed by atoms with Gasteiger partial charge in [0.25, 0.3) is 11.8 Å². The highest BCUT2D eigenvalue weighted by Crippen LogP contribution is 2.39. The van der Waals surface area contributed by atoms with Gasteiger partial charge in [0.1, 0.15) is 4.32 Å². The van der Waals surface area contributed by atoms with Crippen LogP contribution < -0.4 is 14.8 Å². The number of halogens is 1. The number of hydrogen-bond donors (Lipinski definition) is 1. The van der Waals surface area contributed by atoms with Crippen LogP contribution in [0.3, 0.4) is 0 Å². The molecule has 0 aromatic heterocycles. The Hall–Kier alpha value is -2.36. The molecule has 33 heavy (non-hydrogen) atoms. The molecule has 0 saturated carbocycles. The van der Waals surface area contributed by atoms with Crippen LogP contribution in [-0.4, -0.2) is 41.3 Å². The Morgan fingerprint density at radius 3 is 2.42 bits per heavy atom. The monoisotopic (exact) mass is 548 g/mol. The molecule has 0 bridgehead atoms. The normalized spacial score (nSPS) is 14.7. The SMILES string of the molecule is CCOc1cc(/C=C2\SC(=S)N(C)C2=O)cc(Br)c1OCC(=O)Nc1c(C)cc(C)cc1C. The minimum atomic E-state index is -0.268. The fraction of sp³-hybridized carbons (Fsp3) is 0.292. The van der Waals surface area contributed by atoms with Crippen LogP contribution >= 0.6 is 39.9 Å². The quantitative estimate of drug-likeness (QED) is 0.357. The van der Waals surface area contributed by atoms with Crippen LogP contribution in [0.1, 0.15) is 29.2 Å². The van der Waals surface area contributed by atoms with Crippen molar-refractivity contribution in [2.24, 2.45) is 0 Å². The van der Waals surface area contributed by atoms with Crippen molar-refractivity contribution in [1.82, 2.24) is 4.90 Å². The molecule has 3 rings (SSSR count). The van der Waals surface area contributed by atoms with E-state index in [1.165, 1.54) is 16.7 Å². The first kappa shape index (κ1) is 25.3. The van der Waals surface area contributed by atoms with Crippen LogP contribution in [0.15, 0.2) is 33.6 Å². The van der Waals surface area contributed by atoms with Crippen molar-refractivity contribution in [2.75, 3.05) is 25.6 Å². The molecule has 0 unspecified atom stereocenters. The number of anilines is 1. The van der Waals surface area contributed by atoms with Gasteiger partial charge in [0, 0.05) is 12.7 Å². The molecule has 174 valence electrons. The molecular formula is C24H25BrN2O4S2. The summed E-state index contributed by atoms with van der Waals surface area (Å²) in [5.41, 5.74) is 4.69. The molecule has 9 heteroatoms. The Labute approximate surface area is 211 Å². The molecule has 0 radical (unpaired) electrons. The third kappa shape index (κ3) is 5.96. The van der Waals surface area contributed by atoms with Crippen molar-refractivity contribution in [2.45, 2.75) is 27.7 Å². The van der Waals surface area contributed by atoms with Crippen LogP contribution in [-0.2, 0) is 9.59 Å². The van der Waals surface area contributed by atoms with Crippen LogP contribution in [0.4, 0.5) is 5.69 Å². The number of aryl methyl sites for hydroxylation is 3.